The summed E-state index contributed by atoms with van der Waals surface area (Å²) in [6, 6.07) is 4.59. The third-order valence-corrected chi connectivity index (χ3v) is 3.85. The summed E-state index contributed by atoms with van der Waals surface area (Å²) >= 11 is 7.32. The number of nitrogens with zero attached hydrogens (tertiary/aromatic N) is 1. The maximum Gasteiger partial charge on any atom is 0.387 e. The van der Waals surface area contributed by atoms with E-state index in [-0.39, 0.29) is 11.4 Å². The largest absolute Gasteiger partial charge is 0.435 e. The van der Waals surface area contributed by atoms with Crippen molar-refractivity contribution in [2.45, 2.75) is 38.2 Å². The fraction of sp³-hybridized carbons (Fsp3) is 0.462. The van der Waals surface area contributed by atoms with Crippen LogP contribution in [0.15, 0.2) is 23.4 Å². The molecule has 0 spiro atoms. The number of benzene rings is 1. The fourth-order valence-electron chi connectivity index (χ4n) is 1.71. The second kappa shape index (κ2) is 6.18. The Bertz CT molecular complexity index is 523. The molecule has 0 fully saturated rings. The Balaban J connectivity index is 2.03. The molecule has 0 saturated carbocycles. The Morgan fingerprint density at radius 3 is 2.85 bits per heavy atom. The van der Waals surface area contributed by atoms with Crippen LogP contribution in [-0.4, -0.2) is 17.3 Å². The first kappa shape index (κ1) is 15.4. The van der Waals surface area contributed by atoms with E-state index in [2.05, 4.69) is 9.89 Å². The first-order valence-corrected chi connectivity index (χ1v) is 7.33. The van der Waals surface area contributed by atoms with E-state index in [0.717, 1.165) is 5.04 Å². The van der Waals surface area contributed by atoms with Crippen LogP contribution in [0.5, 0.6) is 5.75 Å². The number of alkyl halides is 2. The number of ether oxygens (including phenoxy) is 1. The lowest BCUT2D eigenvalue weighted by Crippen LogP contribution is -2.18. The van der Waals surface area contributed by atoms with Gasteiger partial charge in [0.25, 0.3) is 0 Å². The molecule has 2 rings (SSSR count). The zero-order chi connectivity index (χ0) is 14.8. The van der Waals surface area contributed by atoms with Gasteiger partial charge in [-0.3, -0.25) is 0 Å². The van der Waals surface area contributed by atoms with Crippen LogP contribution >= 0.6 is 23.4 Å². The number of thioether (sulfide) groups is 1. The first-order valence-electron chi connectivity index (χ1n) is 5.97. The molecule has 1 aliphatic rings. The third-order valence-electron chi connectivity index (χ3n) is 2.60. The van der Waals surface area contributed by atoms with E-state index in [4.69, 9.17) is 16.4 Å². The zero-order valence-corrected chi connectivity index (χ0v) is 12.6. The second-order valence-corrected chi connectivity index (χ2v) is 6.42. The minimum Gasteiger partial charge on any atom is -0.435 e. The van der Waals surface area contributed by atoms with Crippen LogP contribution in [-0.2, 0) is 10.6 Å². The van der Waals surface area contributed by atoms with Crippen molar-refractivity contribution in [3.05, 3.63) is 28.8 Å². The molecular formula is C13H14ClF2NO2S. The smallest absolute Gasteiger partial charge is 0.387 e. The molecule has 0 radical (unpaired) electrons. The van der Waals surface area contributed by atoms with E-state index in [0.29, 0.717) is 22.8 Å². The highest BCUT2D eigenvalue weighted by atomic mass is 35.5. The number of oxime groups is 1. The highest BCUT2D eigenvalue weighted by Crippen LogP contribution is 2.32. The predicted molar refractivity (Wildman–Crippen MR) is 76.6 cm³/mol. The molecule has 1 aromatic carbocycles. The highest BCUT2D eigenvalue weighted by molar-refractivity contribution is 8.13. The molecule has 0 aliphatic carbocycles. The molecule has 110 valence electrons. The van der Waals surface area contributed by atoms with Crippen molar-refractivity contribution in [2.75, 3.05) is 0 Å². The van der Waals surface area contributed by atoms with Crippen molar-refractivity contribution >= 4 is 28.4 Å². The molecule has 0 atom stereocenters. The molecular weight excluding hydrogens is 308 g/mol. The fourth-order valence-corrected chi connectivity index (χ4v) is 3.00. The number of hydrogen-bond acceptors (Lipinski definition) is 4. The van der Waals surface area contributed by atoms with Gasteiger partial charge in [-0.05, 0) is 32.0 Å². The van der Waals surface area contributed by atoms with E-state index < -0.39 is 6.61 Å². The van der Waals surface area contributed by atoms with E-state index in [1.165, 1.54) is 23.9 Å². The van der Waals surface area contributed by atoms with Crippen molar-refractivity contribution in [2.24, 2.45) is 5.16 Å². The minimum atomic E-state index is -2.86. The van der Waals surface area contributed by atoms with Crippen LogP contribution in [0.3, 0.4) is 0 Å². The van der Waals surface area contributed by atoms with Gasteiger partial charge < -0.3 is 9.57 Å². The van der Waals surface area contributed by atoms with Crippen LogP contribution in [0.1, 0.15) is 25.8 Å². The standard InChI is InChI=1S/C13H14ClF2NO2S/c1-13(2)6-11(17-19-13)20-7-8-5-9(14)3-4-10(8)18-12(15)16/h3-5,12H,6-7H2,1-2H3. The van der Waals surface area contributed by atoms with E-state index in [1.807, 2.05) is 13.8 Å². The Labute approximate surface area is 125 Å². The van der Waals surface area contributed by atoms with Crippen LogP contribution in [0.25, 0.3) is 0 Å². The van der Waals surface area contributed by atoms with Crippen LogP contribution in [0.4, 0.5) is 8.78 Å². The monoisotopic (exact) mass is 321 g/mol. The van der Waals surface area contributed by atoms with Crippen LogP contribution in [0.2, 0.25) is 5.02 Å². The van der Waals surface area contributed by atoms with Gasteiger partial charge in [-0.2, -0.15) is 8.78 Å². The van der Waals surface area contributed by atoms with Crippen LogP contribution in [0, 0.1) is 0 Å². The average molecular weight is 322 g/mol. The average Bonchev–Trinajstić information content (AvgIpc) is 2.69. The maximum absolute atomic E-state index is 12.3. The Morgan fingerprint density at radius 2 is 2.25 bits per heavy atom. The number of halogens is 3. The molecule has 1 heterocycles. The lowest BCUT2D eigenvalue weighted by molar-refractivity contribution is -0.0503. The Morgan fingerprint density at radius 1 is 1.50 bits per heavy atom. The molecule has 1 aliphatic heterocycles. The van der Waals surface area contributed by atoms with Crippen molar-refractivity contribution in [1.29, 1.82) is 0 Å². The quantitative estimate of drug-likeness (QED) is 0.806. The topological polar surface area (TPSA) is 30.8 Å². The van der Waals surface area contributed by atoms with Gasteiger partial charge in [-0.15, -0.1) is 11.8 Å². The summed E-state index contributed by atoms with van der Waals surface area (Å²) < 4.78 is 29.2. The lowest BCUT2D eigenvalue weighted by Gasteiger charge is -2.13. The highest BCUT2D eigenvalue weighted by Gasteiger charge is 2.29. The van der Waals surface area contributed by atoms with Gasteiger partial charge in [0.1, 0.15) is 16.4 Å². The van der Waals surface area contributed by atoms with Crippen molar-refractivity contribution in [3.63, 3.8) is 0 Å². The summed E-state index contributed by atoms with van der Waals surface area (Å²) in [6.07, 6.45) is 0.698. The summed E-state index contributed by atoms with van der Waals surface area (Å²) in [5.74, 6) is 0.580. The molecule has 20 heavy (non-hydrogen) atoms. The van der Waals surface area contributed by atoms with E-state index in [9.17, 15) is 8.78 Å². The minimum absolute atomic E-state index is 0.135. The van der Waals surface area contributed by atoms with Crippen LogP contribution < -0.4 is 4.74 Å². The Hall–Kier alpha value is -1.01. The van der Waals surface area contributed by atoms with Gasteiger partial charge in [0.2, 0.25) is 0 Å². The van der Waals surface area contributed by atoms with Gasteiger partial charge in [0.15, 0.2) is 0 Å². The first-order chi connectivity index (χ1) is 9.35. The zero-order valence-electron chi connectivity index (χ0n) is 11.0. The summed E-state index contributed by atoms with van der Waals surface area (Å²) in [7, 11) is 0. The molecule has 0 bridgehead atoms. The normalized spacial score (nSPS) is 17.0. The van der Waals surface area contributed by atoms with E-state index >= 15 is 0 Å². The second-order valence-electron chi connectivity index (χ2n) is 4.93. The SMILES string of the molecule is CC1(C)CC(SCc2cc(Cl)ccc2OC(F)F)=NO1. The summed E-state index contributed by atoms with van der Waals surface area (Å²) in [5, 5.41) is 5.28. The number of rotatable bonds is 4. The summed E-state index contributed by atoms with van der Waals surface area (Å²) in [5.41, 5.74) is 0.300. The van der Waals surface area contributed by atoms with Gasteiger partial charge in [-0.1, -0.05) is 16.8 Å². The molecule has 0 unspecified atom stereocenters. The number of hydrogen-bond donors (Lipinski definition) is 0. The third kappa shape index (κ3) is 4.24. The summed E-state index contributed by atoms with van der Waals surface area (Å²) in [4.78, 5) is 5.25. The molecule has 1 aromatic rings. The van der Waals surface area contributed by atoms with Gasteiger partial charge in [0, 0.05) is 22.8 Å². The van der Waals surface area contributed by atoms with E-state index in [1.54, 1.807) is 6.07 Å². The molecule has 0 aromatic heterocycles. The van der Waals surface area contributed by atoms with Crippen molar-refractivity contribution in [3.8, 4) is 5.75 Å². The van der Waals surface area contributed by atoms with Crippen molar-refractivity contribution < 1.29 is 18.4 Å². The van der Waals surface area contributed by atoms with Crippen molar-refractivity contribution in [1.82, 2.24) is 0 Å². The van der Waals surface area contributed by atoms with Gasteiger partial charge >= 0.3 is 6.61 Å². The van der Waals surface area contributed by atoms with Gasteiger partial charge in [-0.25, -0.2) is 0 Å². The van der Waals surface area contributed by atoms with Gasteiger partial charge in [0.05, 0.1) is 0 Å². The lowest BCUT2D eigenvalue weighted by atomic mass is 10.1. The molecule has 3 nitrogen and oxygen atoms in total. The summed E-state index contributed by atoms with van der Waals surface area (Å²) in [6.45, 7) is 1.02. The molecule has 0 N–H and O–H groups in total. The predicted octanol–water partition coefficient (Wildman–Crippen LogP) is 4.69. The maximum atomic E-state index is 12.3. The Kier molecular flexibility index (Phi) is 4.75. The molecule has 0 saturated heterocycles. The molecule has 7 heteroatoms. The molecule has 0 amide bonds.